The fraction of sp³-hybridized carbons (Fsp3) is 0.429. The van der Waals surface area contributed by atoms with Gasteiger partial charge in [-0.2, -0.15) is 0 Å². The van der Waals surface area contributed by atoms with E-state index in [0.717, 1.165) is 95.6 Å². The van der Waals surface area contributed by atoms with Crippen LogP contribution in [0, 0.1) is 13.8 Å². The van der Waals surface area contributed by atoms with E-state index in [4.69, 9.17) is 46.1 Å². The number of hydrogen-bond acceptors (Lipinski definition) is 21. The van der Waals surface area contributed by atoms with E-state index >= 15 is 0 Å². The Labute approximate surface area is 771 Å². The second-order valence-electron chi connectivity index (χ2n) is 36.5. The molecule has 688 valence electrons. The first-order chi connectivity index (χ1) is 63.7. The summed E-state index contributed by atoms with van der Waals surface area (Å²) in [5.41, 5.74) is 0.849. The molecular weight excluding hydrogens is 1760 g/mol. The van der Waals surface area contributed by atoms with Gasteiger partial charge in [0.15, 0.2) is 23.2 Å². The van der Waals surface area contributed by atoms with E-state index in [9.17, 15) is 24.0 Å². The van der Waals surface area contributed by atoms with Crippen molar-refractivity contribution in [3.05, 3.63) is 296 Å². The Morgan fingerprint density at radius 3 is 1.17 bits per heavy atom. The summed E-state index contributed by atoms with van der Waals surface area (Å²) in [6.07, 6.45) is 13.4. The largest absolute Gasteiger partial charge is 0.374 e. The normalized spacial score (nSPS) is 27.8. The van der Waals surface area contributed by atoms with Gasteiger partial charge in [-0.05, 0) is 102 Å². The van der Waals surface area contributed by atoms with Crippen LogP contribution in [0.25, 0.3) is 11.2 Å². The standard InChI is InChI=1S/C38H43N6O5PSi.2C30H38N3O5PSi/c1-4-30-33(34(46-2)38(47-30)43-25-41-32-35(39-24-40-36(32)43)42-37(45)26-15-8-5-9-16-26)49-50-44-22-14-21-29(44)31(48-50)23-51(3,27-17-10-6-11-18-27)28-19-12-7-13-20-28;2*1-4-25-26(18-28(36-25)32-19-21(2)29(34)31-30(32)35)37-39-33-17-11-16-24(33)27(38-39)20-40(3,22-12-7-5-8-13-22)23-14-9-6-10-15-23/h5-13,15-20,24-25,29-31,33-34,38H,4,14,21-23H2,1-3H3,(H,39,40,42,45);2*5-10,12-15,19,24-28H,4,11,16-18,20H2,1-3H3,(H,31,34,35)/t29-,30+,31+,33?,34-,38+,50+;24-,25+,26?,27+,28+,39-;24-,25-,26?,27+,28-,39-/m001/s1. The number of imidazole rings is 1. The maximum atomic E-state index is 13.0. The summed E-state index contributed by atoms with van der Waals surface area (Å²) in [5.74, 6) is 0.0550. The molecule has 9 aliphatic heterocycles. The summed E-state index contributed by atoms with van der Waals surface area (Å²) < 4.78 is 78.9. The van der Waals surface area contributed by atoms with E-state index in [-0.39, 0.29) is 72.0 Å². The smallest absolute Gasteiger partial charge is 0.330 e. The molecule has 13 heterocycles. The lowest BCUT2D eigenvalue weighted by atomic mass is 10.1. The number of aromatic nitrogens is 8. The van der Waals surface area contributed by atoms with Crippen molar-refractivity contribution in [2.75, 3.05) is 32.1 Å². The lowest BCUT2D eigenvalue weighted by molar-refractivity contribution is -0.0493. The number of methoxy groups -OCH3 is 1. The van der Waals surface area contributed by atoms with Crippen molar-refractivity contribution < 1.29 is 50.9 Å². The molecule has 131 heavy (non-hydrogen) atoms. The highest BCUT2D eigenvalue weighted by Gasteiger charge is 2.57. The number of nitrogens with one attached hydrogen (secondary N) is 3. The molecule has 0 saturated carbocycles. The number of amides is 1. The topological polar surface area (TPSA) is 284 Å². The van der Waals surface area contributed by atoms with Gasteiger partial charge < -0.3 is 51.4 Å². The first-order valence-corrected chi connectivity index (χ1v) is 57.9. The number of aromatic amines is 2. The zero-order valence-electron chi connectivity index (χ0n) is 75.8. The van der Waals surface area contributed by atoms with Crippen molar-refractivity contribution in [1.29, 1.82) is 0 Å². The summed E-state index contributed by atoms with van der Waals surface area (Å²) in [7, 11) is -8.43. The third-order valence-electron chi connectivity index (χ3n) is 28.3. The van der Waals surface area contributed by atoms with Crippen LogP contribution in [0.15, 0.2) is 257 Å². The quantitative estimate of drug-likeness (QED) is 0.0318. The Balaban J connectivity index is 0.000000134. The highest BCUT2D eigenvalue weighted by atomic mass is 31.2. The Bertz CT molecular complexity index is 5620. The molecule has 3 unspecified atom stereocenters. The minimum Gasteiger partial charge on any atom is -0.374 e. The molecule has 20 rings (SSSR count). The zero-order valence-corrected chi connectivity index (χ0v) is 81.4. The van der Waals surface area contributed by atoms with Crippen LogP contribution in [0.2, 0.25) is 37.8 Å². The molecule has 33 heteroatoms. The first kappa shape index (κ1) is 92.8. The van der Waals surface area contributed by atoms with Crippen LogP contribution < -0.4 is 58.9 Å². The molecule has 9 aliphatic rings. The Morgan fingerprint density at radius 2 is 0.809 bits per heavy atom. The van der Waals surface area contributed by atoms with Gasteiger partial charge >= 0.3 is 11.4 Å². The van der Waals surface area contributed by atoms with Gasteiger partial charge in [-0.3, -0.25) is 38.1 Å². The van der Waals surface area contributed by atoms with Gasteiger partial charge in [0.05, 0.1) is 55.2 Å². The number of carbonyl (C=O) groups excluding carboxylic acids is 1. The monoisotopic (exact) mass is 1880 g/mol. The van der Waals surface area contributed by atoms with Crippen molar-refractivity contribution in [3.8, 4) is 0 Å². The summed E-state index contributed by atoms with van der Waals surface area (Å²) in [6.45, 7) is 20.0. The maximum absolute atomic E-state index is 13.0. The summed E-state index contributed by atoms with van der Waals surface area (Å²) in [6, 6.07) is 78.7. The molecule has 9 saturated heterocycles. The van der Waals surface area contributed by atoms with Gasteiger partial charge in [0.25, 0.3) is 42.6 Å². The molecular formula is C98H119N12O15P3Si3. The number of nitrogens with zero attached hydrogens (tertiary/aromatic N) is 9. The molecule has 7 aromatic carbocycles. The fourth-order valence-corrected chi connectivity index (χ4v) is 38.9. The molecule has 11 aromatic rings. The van der Waals surface area contributed by atoms with Gasteiger partial charge in [0.2, 0.25) is 0 Å². The van der Waals surface area contributed by atoms with Crippen molar-refractivity contribution in [2.24, 2.45) is 0 Å². The van der Waals surface area contributed by atoms with Gasteiger partial charge in [-0.15, -0.1) is 0 Å². The zero-order chi connectivity index (χ0) is 90.7. The average molecular weight is 1880 g/mol. The van der Waals surface area contributed by atoms with E-state index in [1.165, 1.54) is 46.6 Å². The molecule has 0 spiro atoms. The molecule has 0 aliphatic carbocycles. The number of ether oxygens (including phenoxy) is 4. The molecule has 19 atom stereocenters. The SMILES string of the molecule is CC[C@H]1O[C@@H](n2cc(C)c(=O)[nH]c2=O)CC1O[P@@]1O[C@H](C[Si](C)(c2ccccc2)c2ccccc2)[C@@H]2CCCN21.CC[C@H]1O[C@@H](n2cc(C)c(=O)[nH]c2=O)CC1O[P@]1O[C@@H](C[Si](C)(c2ccccc2)c2ccccc2)[C@H]2CCCN21.CC[C@H]1O[C@@H](n2cnc3c(NC(=O)c4ccccc4)ncnc32)[C@@H](OC)C1O[P@@]1O[C@H](C[Si](C)(c2ccccc2)c2ccccc2)[C@@H]2CCCN21. The van der Waals surface area contributed by atoms with Crippen molar-refractivity contribution >= 4 is 104 Å². The number of anilines is 1. The maximum Gasteiger partial charge on any atom is 0.330 e. The molecule has 1 amide bonds. The van der Waals surface area contributed by atoms with Crippen LogP contribution in [0.3, 0.4) is 0 Å². The molecule has 0 bridgehead atoms. The number of benzene rings is 7. The van der Waals surface area contributed by atoms with Crippen LogP contribution in [0.4, 0.5) is 5.82 Å². The number of hydrogen-bond donors (Lipinski definition) is 3. The third-order valence-corrected chi connectivity index (χ3v) is 47.0. The minimum absolute atomic E-state index is 0.0636. The van der Waals surface area contributed by atoms with Crippen LogP contribution in [0.1, 0.15) is 132 Å². The van der Waals surface area contributed by atoms with Gasteiger partial charge in [0, 0.05) is 86.8 Å². The number of fused-ring (bicyclic) bond motifs is 4. The Hall–Kier alpha value is -8.66. The molecule has 3 N–H and O–H groups in total. The van der Waals surface area contributed by atoms with E-state index in [1.807, 2.05) is 22.8 Å². The molecule has 9 fully saturated rings. The number of aryl methyl sites for hydroxylation is 2. The number of rotatable bonds is 27. The predicted octanol–water partition coefficient (Wildman–Crippen LogP) is 13.6. The van der Waals surface area contributed by atoms with E-state index in [1.54, 1.807) is 51.8 Å². The average Bonchev–Trinajstić information content (AvgIpc) is 1.59. The van der Waals surface area contributed by atoms with Crippen LogP contribution in [-0.4, -0.2) is 189 Å². The van der Waals surface area contributed by atoms with Crippen molar-refractivity contribution in [2.45, 2.75) is 241 Å². The lowest BCUT2D eigenvalue weighted by Crippen LogP contribution is -2.58. The summed E-state index contributed by atoms with van der Waals surface area (Å²) >= 11 is 0. The van der Waals surface area contributed by atoms with Gasteiger partial charge in [-0.25, -0.2) is 38.6 Å². The van der Waals surface area contributed by atoms with Gasteiger partial charge in [0.1, 0.15) is 55.2 Å². The minimum atomic E-state index is -2.14. The summed E-state index contributed by atoms with van der Waals surface area (Å²) in [4.78, 5) is 80.1. The first-order valence-electron chi connectivity index (χ1n) is 46.4. The predicted molar refractivity (Wildman–Crippen MR) is 519 cm³/mol. The molecule has 27 nitrogen and oxygen atoms in total. The van der Waals surface area contributed by atoms with Gasteiger partial charge in [-0.1, -0.05) is 272 Å². The lowest BCUT2D eigenvalue weighted by Gasteiger charge is -2.32. The number of carbonyl (C=O) groups is 1. The second kappa shape index (κ2) is 40.9. The van der Waals surface area contributed by atoms with E-state index < -0.39 is 86.0 Å². The van der Waals surface area contributed by atoms with Crippen molar-refractivity contribution in [3.63, 3.8) is 0 Å². The second-order valence-corrected chi connectivity index (χ2v) is 53.4. The van der Waals surface area contributed by atoms with Crippen molar-refractivity contribution in [1.82, 2.24) is 52.6 Å². The molecule has 4 aromatic heterocycles. The fourth-order valence-electron chi connectivity index (χ4n) is 21.0. The highest BCUT2D eigenvalue weighted by Crippen LogP contribution is 2.62. The number of H-pyrrole nitrogens is 2. The summed E-state index contributed by atoms with van der Waals surface area (Å²) in [5, 5.41) is 11.4. The molecule has 0 radical (unpaired) electrons. The van der Waals surface area contributed by atoms with Crippen LogP contribution in [0.5, 0.6) is 0 Å². The highest BCUT2D eigenvalue weighted by molar-refractivity contribution is 7.45. The van der Waals surface area contributed by atoms with Crippen LogP contribution >= 0.6 is 25.6 Å². The van der Waals surface area contributed by atoms with E-state index in [2.05, 4.69) is 267 Å². The Kier molecular flexibility index (Phi) is 28.9. The third kappa shape index (κ3) is 19.3. The van der Waals surface area contributed by atoms with Crippen LogP contribution in [-0.2, 0) is 46.1 Å². The Morgan fingerprint density at radius 1 is 0.450 bits per heavy atom. The van der Waals surface area contributed by atoms with E-state index in [0.29, 0.717) is 64.6 Å².